The summed E-state index contributed by atoms with van der Waals surface area (Å²) in [6.07, 6.45) is 0. The molecule has 0 unspecified atom stereocenters. The minimum absolute atomic E-state index is 0.148. The quantitative estimate of drug-likeness (QED) is 0.868. The van der Waals surface area contributed by atoms with E-state index in [1.165, 1.54) is 11.1 Å². The van der Waals surface area contributed by atoms with E-state index in [9.17, 15) is 0 Å². The van der Waals surface area contributed by atoms with Crippen LogP contribution in [0.2, 0.25) is 0 Å². The molecule has 0 heterocycles. The molecule has 14 heavy (non-hydrogen) atoms. The standard InChI is InChI=1S/C11H16BrNO/c1-8-3-4-10(5-11(8)12)6-13-9(2)7-14/h3-5,9,13-14H,6-7H2,1-2H3/t9-/m0/s1. The number of aryl methyl sites for hydroxylation is 1. The lowest BCUT2D eigenvalue weighted by molar-refractivity contribution is 0.251. The van der Waals surface area contributed by atoms with Crippen molar-refractivity contribution in [2.75, 3.05) is 6.61 Å². The van der Waals surface area contributed by atoms with Gasteiger partial charge in [0.25, 0.3) is 0 Å². The topological polar surface area (TPSA) is 32.3 Å². The average Bonchev–Trinajstić information content (AvgIpc) is 2.19. The van der Waals surface area contributed by atoms with Gasteiger partial charge in [0, 0.05) is 17.1 Å². The number of rotatable bonds is 4. The van der Waals surface area contributed by atoms with Gasteiger partial charge in [-0.15, -0.1) is 0 Å². The maximum absolute atomic E-state index is 8.84. The number of aliphatic hydroxyl groups excluding tert-OH is 1. The van der Waals surface area contributed by atoms with Gasteiger partial charge >= 0.3 is 0 Å². The lowest BCUT2D eigenvalue weighted by atomic mass is 10.1. The van der Waals surface area contributed by atoms with Crippen LogP contribution in [0.3, 0.4) is 0 Å². The Hall–Kier alpha value is -0.380. The molecule has 1 atom stereocenters. The van der Waals surface area contributed by atoms with Crippen LogP contribution >= 0.6 is 15.9 Å². The second-order valence-electron chi connectivity index (χ2n) is 3.55. The van der Waals surface area contributed by atoms with Crippen LogP contribution < -0.4 is 5.32 Å². The van der Waals surface area contributed by atoms with Gasteiger partial charge in [-0.25, -0.2) is 0 Å². The van der Waals surface area contributed by atoms with Gasteiger partial charge in [0.2, 0.25) is 0 Å². The molecule has 0 aliphatic heterocycles. The zero-order valence-corrected chi connectivity index (χ0v) is 10.1. The molecule has 0 spiro atoms. The number of hydrogen-bond acceptors (Lipinski definition) is 2. The summed E-state index contributed by atoms with van der Waals surface area (Å²) in [5.41, 5.74) is 2.46. The van der Waals surface area contributed by atoms with Gasteiger partial charge in [0.05, 0.1) is 6.61 Å². The molecule has 0 aromatic heterocycles. The maximum Gasteiger partial charge on any atom is 0.0582 e. The molecule has 2 N–H and O–H groups in total. The molecule has 1 rings (SSSR count). The van der Waals surface area contributed by atoms with Crippen LogP contribution in [-0.2, 0) is 6.54 Å². The molecule has 0 fully saturated rings. The van der Waals surface area contributed by atoms with Crippen molar-refractivity contribution in [1.82, 2.24) is 5.32 Å². The number of benzene rings is 1. The van der Waals surface area contributed by atoms with Crippen molar-refractivity contribution in [3.63, 3.8) is 0 Å². The highest BCUT2D eigenvalue weighted by atomic mass is 79.9. The summed E-state index contributed by atoms with van der Waals surface area (Å²) in [6.45, 7) is 4.99. The molecule has 0 saturated carbocycles. The number of nitrogens with one attached hydrogen (secondary N) is 1. The largest absolute Gasteiger partial charge is 0.395 e. The Kier molecular flexibility index (Phi) is 4.58. The van der Waals surface area contributed by atoms with Crippen molar-refractivity contribution in [1.29, 1.82) is 0 Å². The fourth-order valence-electron chi connectivity index (χ4n) is 1.10. The predicted molar refractivity (Wildman–Crippen MR) is 62.3 cm³/mol. The molecule has 0 saturated heterocycles. The molecule has 1 aromatic carbocycles. The van der Waals surface area contributed by atoms with Gasteiger partial charge in [-0.2, -0.15) is 0 Å². The highest BCUT2D eigenvalue weighted by Gasteiger charge is 2.00. The zero-order chi connectivity index (χ0) is 10.6. The first-order valence-electron chi connectivity index (χ1n) is 4.72. The maximum atomic E-state index is 8.84. The lowest BCUT2D eigenvalue weighted by Crippen LogP contribution is -2.28. The second-order valence-corrected chi connectivity index (χ2v) is 4.40. The predicted octanol–water partition coefficient (Wildman–Crippen LogP) is 2.23. The van der Waals surface area contributed by atoms with Crippen LogP contribution in [0.1, 0.15) is 18.1 Å². The molecule has 1 aromatic rings. The van der Waals surface area contributed by atoms with E-state index in [0.717, 1.165) is 11.0 Å². The highest BCUT2D eigenvalue weighted by molar-refractivity contribution is 9.10. The molecule has 0 aliphatic carbocycles. The Labute approximate surface area is 93.5 Å². The molecule has 0 aliphatic rings. The number of hydrogen-bond donors (Lipinski definition) is 2. The number of halogens is 1. The monoisotopic (exact) mass is 257 g/mol. The minimum atomic E-state index is 0.148. The van der Waals surface area contributed by atoms with E-state index in [4.69, 9.17) is 5.11 Å². The summed E-state index contributed by atoms with van der Waals surface area (Å²) in [6, 6.07) is 6.43. The van der Waals surface area contributed by atoms with Gasteiger partial charge in [0.1, 0.15) is 0 Å². The van der Waals surface area contributed by atoms with Crippen molar-refractivity contribution < 1.29 is 5.11 Å². The normalized spacial score (nSPS) is 12.9. The van der Waals surface area contributed by atoms with E-state index in [2.05, 4.69) is 46.4 Å². The second kappa shape index (κ2) is 5.49. The summed E-state index contributed by atoms with van der Waals surface area (Å²) in [5, 5.41) is 12.1. The van der Waals surface area contributed by atoms with Crippen LogP contribution in [0.25, 0.3) is 0 Å². The van der Waals surface area contributed by atoms with E-state index in [-0.39, 0.29) is 12.6 Å². The van der Waals surface area contributed by atoms with Crippen molar-refractivity contribution in [2.24, 2.45) is 0 Å². The van der Waals surface area contributed by atoms with Gasteiger partial charge in [0.15, 0.2) is 0 Å². The zero-order valence-electron chi connectivity index (χ0n) is 8.55. The van der Waals surface area contributed by atoms with E-state index >= 15 is 0 Å². The van der Waals surface area contributed by atoms with Crippen LogP contribution in [0.4, 0.5) is 0 Å². The Morgan fingerprint density at radius 2 is 2.21 bits per heavy atom. The van der Waals surface area contributed by atoms with Crippen LogP contribution in [0, 0.1) is 6.92 Å². The van der Waals surface area contributed by atoms with E-state index < -0.39 is 0 Å². The molecule has 2 nitrogen and oxygen atoms in total. The molecular weight excluding hydrogens is 242 g/mol. The highest BCUT2D eigenvalue weighted by Crippen LogP contribution is 2.17. The fourth-order valence-corrected chi connectivity index (χ4v) is 1.53. The molecular formula is C11H16BrNO. The summed E-state index contributed by atoms with van der Waals surface area (Å²) >= 11 is 3.49. The smallest absolute Gasteiger partial charge is 0.0582 e. The van der Waals surface area contributed by atoms with Gasteiger partial charge in [-0.05, 0) is 31.0 Å². The molecule has 0 amide bonds. The summed E-state index contributed by atoms with van der Waals surface area (Å²) < 4.78 is 1.13. The summed E-state index contributed by atoms with van der Waals surface area (Å²) in [5.74, 6) is 0. The van der Waals surface area contributed by atoms with Crippen molar-refractivity contribution >= 4 is 15.9 Å². The summed E-state index contributed by atoms with van der Waals surface area (Å²) in [7, 11) is 0. The first-order valence-corrected chi connectivity index (χ1v) is 5.52. The first-order chi connectivity index (χ1) is 6.63. The Morgan fingerprint density at radius 3 is 2.79 bits per heavy atom. The van der Waals surface area contributed by atoms with Crippen molar-refractivity contribution in [3.8, 4) is 0 Å². The van der Waals surface area contributed by atoms with Crippen LogP contribution in [-0.4, -0.2) is 17.8 Å². The van der Waals surface area contributed by atoms with Gasteiger partial charge < -0.3 is 10.4 Å². The van der Waals surface area contributed by atoms with Crippen LogP contribution in [0.5, 0.6) is 0 Å². The Balaban J connectivity index is 2.55. The summed E-state index contributed by atoms with van der Waals surface area (Å²) in [4.78, 5) is 0. The molecule has 0 bridgehead atoms. The van der Waals surface area contributed by atoms with Crippen molar-refractivity contribution in [2.45, 2.75) is 26.4 Å². The molecule has 78 valence electrons. The molecule has 0 radical (unpaired) electrons. The lowest BCUT2D eigenvalue weighted by Gasteiger charge is -2.11. The van der Waals surface area contributed by atoms with Gasteiger partial charge in [-0.1, -0.05) is 28.1 Å². The minimum Gasteiger partial charge on any atom is -0.395 e. The molecule has 3 heteroatoms. The third kappa shape index (κ3) is 3.40. The Morgan fingerprint density at radius 1 is 1.50 bits per heavy atom. The fraction of sp³-hybridized carbons (Fsp3) is 0.455. The number of aliphatic hydroxyl groups is 1. The third-order valence-corrected chi connectivity index (χ3v) is 3.02. The van der Waals surface area contributed by atoms with E-state index in [1.54, 1.807) is 0 Å². The van der Waals surface area contributed by atoms with Crippen molar-refractivity contribution in [3.05, 3.63) is 33.8 Å². The van der Waals surface area contributed by atoms with E-state index in [0.29, 0.717) is 0 Å². The average molecular weight is 258 g/mol. The van der Waals surface area contributed by atoms with E-state index in [1.807, 2.05) is 6.92 Å². The first kappa shape index (κ1) is 11.7. The third-order valence-electron chi connectivity index (χ3n) is 2.16. The Bertz CT molecular complexity index is 301. The van der Waals surface area contributed by atoms with Crippen LogP contribution in [0.15, 0.2) is 22.7 Å². The SMILES string of the molecule is Cc1ccc(CN[C@@H](C)CO)cc1Br. The van der Waals surface area contributed by atoms with Gasteiger partial charge in [-0.3, -0.25) is 0 Å².